The van der Waals surface area contributed by atoms with Gasteiger partial charge in [-0.05, 0) is 6.92 Å². The predicted octanol–water partition coefficient (Wildman–Crippen LogP) is 1.50. The lowest BCUT2D eigenvalue weighted by Crippen LogP contribution is -2.24. The topological polar surface area (TPSA) is 141 Å². The zero-order valence-corrected chi connectivity index (χ0v) is 13.1. The van der Waals surface area contributed by atoms with Crippen molar-refractivity contribution in [1.82, 2.24) is 0 Å². The number of fused-ring (bicyclic) bond motifs is 2. The summed E-state index contributed by atoms with van der Waals surface area (Å²) in [4.78, 5) is 37.4. The molecule has 0 unspecified atom stereocenters. The Morgan fingerprint density at radius 2 is 1.36 bits per heavy atom. The van der Waals surface area contributed by atoms with Crippen LogP contribution in [0.3, 0.4) is 0 Å². The van der Waals surface area contributed by atoms with Crippen molar-refractivity contribution in [3.05, 3.63) is 39.9 Å². The highest BCUT2D eigenvalue weighted by Crippen LogP contribution is 2.46. The van der Waals surface area contributed by atoms with Gasteiger partial charge in [-0.25, -0.2) is 0 Å². The van der Waals surface area contributed by atoms with Gasteiger partial charge in [0, 0.05) is 12.1 Å². The highest BCUT2D eigenvalue weighted by Gasteiger charge is 2.41. The third-order valence-corrected chi connectivity index (χ3v) is 4.01. The molecule has 0 saturated heterocycles. The normalized spacial score (nSPS) is 12.6. The van der Waals surface area contributed by atoms with Gasteiger partial charge in [0.1, 0.15) is 17.2 Å². The lowest BCUT2D eigenvalue weighted by molar-refractivity contribution is 0.0959. The molecule has 0 spiro atoms. The van der Waals surface area contributed by atoms with Crippen LogP contribution in [0, 0.1) is 0 Å². The Hall–Kier alpha value is -3.55. The first-order valence-electron chi connectivity index (χ1n) is 7.02. The molecule has 0 aliphatic heterocycles. The lowest BCUT2D eigenvalue weighted by atomic mass is 9.79. The number of carbonyl (C=O) groups is 3. The van der Waals surface area contributed by atoms with Gasteiger partial charge in [0.25, 0.3) is 0 Å². The minimum absolute atomic E-state index is 0.255. The quantitative estimate of drug-likeness (QED) is 0.405. The highest BCUT2D eigenvalue weighted by molar-refractivity contribution is 6.33. The molecular formula is C17H12O8. The molecule has 4 N–H and O–H groups in total. The van der Waals surface area contributed by atoms with E-state index in [1.807, 2.05) is 0 Å². The molecule has 0 saturated carbocycles. The van der Waals surface area contributed by atoms with Gasteiger partial charge in [0.2, 0.25) is 5.78 Å². The number of rotatable bonds is 2. The van der Waals surface area contributed by atoms with Crippen LogP contribution in [0.1, 0.15) is 49.1 Å². The van der Waals surface area contributed by atoms with E-state index in [9.17, 15) is 34.8 Å². The van der Waals surface area contributed by atoms with E-state index in [4.69, 9.17) is 4.74 Å². The maximum absolute atomic E-state index is 12.9. The van der Waals surface area contributed by atoms with Crippen LogP contribution in [-0.4, -0.2) is 44.9 Å². The fraction of sp³-hybridized carbons (Fsp3) is 0.118. The Morgan fingerprint density at radius 1 is 0.840 bits per heavy atom. The zero-order chi connectivity index (χ0) is 18.6. The van der Waals surface area contributed by atoms with Gasteiger partial charge in [0.15, 0.2) is 23.1 Å². The summed E-state index contributed by atoms with van der Waals surface area (Å²) < 4.78 is 4.85. The van der Waals surface area contributed by atoms with E-state index in [0.717, 1.165) is 19.1 Å². The molecule has 3 rings (SSSR count). The van der Waals surface area contributed by atoms with Crippen molar-refractivity contribution in [1.29, 1.82) is 0 Å². The fourth-order valence-corrected chi connectivity index (χ4v) is 2.96. The maximum atomic E-state index is 12.9. The van der Waals surface area contributed by atoms with E-state index >= 15 is 0 Å². The van der Waals surface area contributed by atoms with Gasteiger partial charge in [-0.2, -0.15) is 0 Å². The van der Waals surface area contributed by atoms with Gasteiger partial charge in [-0.1, -0.05) is 0 Å². The third-order valence-electron chi connectivity index (χ3n) is 4.01. The number of phenolic OH excluding ortho intramolecular Hbond substituents is 4. The van der Waals surface area contributed by atoms with E-state index < -0.39 is 68.2 Å². The van der Waals surface area contributed by atoms with E-state index in [1.165, 1.54) is 7.11 Å². The van der Waals surface area contributed by atoms with Gasteiger partial charge in [0.05, 0.1) is 34.9 Å². The van der Waals surface area contributed by atoms with Crippen LogP contribution in [0.2, 0.25) is 0 Å². The van der Waals surface area contributed by atoms with Crippen LogP contribution < -0.4 is 4.74 Å². The summed E-state index contributed by atoms with van der Waals surface area (Å²) in [5.41, 5.74) is -2.61. The number of Topliss-reactive ketones (excluding diaryl/α,β-unsaturated/α-hetero) is 1. The Labute approximate surface area is 140 Å². The number of methoxy groups -OCH3 is 1. The van der Waals surface area contributed by atoms with E-state index in [2.05, 4.69) is 0 Å². The van der Waals surface area contributed by atoms with Crippen LogP contribution in [0.4, 0.5) is 0 Å². The minimum atomic E-state index is -1.01. The average molecular weight is 344 g/mol. The molecule has 25 heavy (non-hydrogen) atoms. The Bertz CT molecular complexity index is 987. The number of phenols is 4. The molecule has 0 aromatic heterocycles. The first kappa shape index (κ1) is 16.3. The summed E-state index contributed by atoms with van der Waals surface area (Å²) >= 11 is 0. The lowest BCUT2D eigenvalue weighted by Gasteiger charge is -2.23. The number of ketones is 3. The summed E-state index contributed by atoms with van der Waals surface area (Å²) in [6.45, 7) is 1.07. The van der Waals surface area contributed by atoms with E-state index in [-0.39, 0.29) is 5.75 Å². The summed E-state index contributed by atoms with van der Waals surface area (Å²) in [5, 5.41) is 40.2. The second kappa shape index (κ2) is 5.23. The van der Waals surface area contributed by atoms with Crippen LogP contribution in [0.25, 0.3) is 0 Å². The van der Waals surface area contributed by atoms with Crippen molar-refractivity contribution in [3.8, 4) is 28.7 Å². The van der Waals surface area contributed by atoms with Crippen molar-refractivity contribution >= 4 is 17.3 Å². The number of carbonyl (C=O) groups excluding carboxylic acids is 3. The number of benzene rings is 2. The van der Waals surface area contributed by atoms with Crippen LogP contribution in [0.5, 0.6) is 28.7 Å². The molecule has 0 bridgehead atoms. The molecule has 8 nitrogen and oxygen atoms in total. The van der Waals surface area contributed by atoms with Crippen LogP contribution in [0.15, 0.2) is 12.1 Å². The number of hydrogen-bond acceptors (Lipinski definition) is 8. The van der Waals surface area contributed by atoms with Crippen LogP contribution in [-0.2, 0) is 0 Å². The average Bonchev–Trinajstić information content (AvgIpc) is 2.53. The minimum Gasteiger partial charge on any atom is -0.507 e. The zero-order valence-electron chi connectivity index (χ0n) is 13.1. The van der Waals surface area contributed by atoms with Crippen molar-refractivity contribution in [3.63, 3.8) is 0 Å². The van der Waals surface area contributed by atoms with E-state index in [1.54, 1.807) is 0 Å². The van der Waals surface area contributed by atoms with E-state index in [0.29, 0.717) is 0 Å². The van der Waals surface area contributed by atoms with Gasteiger partial charge in [-0.15, -0.1) is 0 Å². The summed E-state index contributed by atoms with van der Waals surface area (Å²) in [6, 6.07) is 1.72. The Morgan fingerprint density at radius 3 is 1.92 bits per heavy atom. The molecule has 8 heteroatoms. The third kappa shape index (κ3) is 2.04. The van der Waals surface area contributed by atoms with Crippen LogP contribution >= 0.6 is 0 Å². The first-order valence-corrected chi connectivity index (χ1v) is 7.02. The second-order valence-electron chi connectivity index (χ2n) is 5.45. The molecule has 0 amide bonds. The summed E-state index contributed by atoms with van der Waals surface area (Å²) in [5.74, 6) is -5.69. The number of aromatic hydroxyl groups is 4. The fourth-order valence-electron chi connectivity index (χ4n) is 2.96. The standard InChI is InChI=1S/C17H12O8/c1-5(18)10-6(19)3-7(20)11-13(10)17(24)14-12(16(11)23)8(21)4-9(25-2)15(14)22/h3-4,19-22H,1-2H3. The van der Waals surface area contributed by atoms with Crippen molar-refractivity contribution in [2.24, 2.45) is 0 Å². The Kier molecular flexibility index (Phi) is 3.41. The molecule has 128 valence electrons. The summed E-state index contributed by atoms with van der Waals surface area (Å²) in [6.07, 6.45) is 0. The molecule has 0 heterocycles. The smallest absolute Gasteiger partial charge is 0.202 e. The Balaban J connectivity index is 2.49. The second-order valence-corrected chi connectivity index (χ2v) is 5.45. The van der Waals surface area contributed by atoms with Crippen molar-refractivity contribution in [2.45, 2.75) is 6.92 Å². The van der Waals surface area contributed by atoms with Gasteiger partial charge in [-0.3, -0.25) is 14.4 Å². The largest absolute Gasteiger partial charge is 0.507 e. The van der Waals surface area contributed by atoms with Crippen molar-refractivity contribution in [2.75, 3.05) is 7.11 Å². The molecular weight excluding hydrogens is 332 g/mol. The molecule has 1 aliphatic rings. The SMILES string of the molecule is COc1cc(O)c2c(c1O)C(=O)c1c(C(C)=O)c(O)cc(O)c1C2=O. The molecule has 2 aromatic rings. The van der Waals surface area contributed by atoms with Gasteiger partial charge >= 0.3 is 0 Å². The molecule has 0 fully saturated rings. The monoisotopic (exact) mass is 344 g/mol. The van der Waals surface area contributed by atoms with Crippen molar-refractivity contribution < 1.29 is 39.5 Å². The van der Waals surface area contributed by atoms with Gasteiger partial charge < -0.3 is 25.2 Å². The number of hydrogen-bond donors (Lipinski definition) is 4. The maximum Gasteiger partial charge on any atom is 0.202 e. The highest BCUT2D eigenvalue weighted by atomic mass is 16.5. The summed E-state index contributed by atoms with van der Waals surface area (Å²) in [7, 11) is 1.18. The molecule has 2 aromatic carbocycles. The molecule has 0 radical (unpaired) electrons. The number of ether oxygens (including phenoxy) is 1. The first-order chi connectivity index (χ1) is 11.7. The molecule has 0 atom stereocenters. The molecule has 1 aliphatic carbocycles. The predicted molar refractivity (Wildman–Crippen MR) is 83.0 cm³/mol.